The van der Waals surface area contributed by atoms with Crippen molar-refractivity contribution in [3.05, 3.63) is 34.1 Å². The van der Waals surface area contributed by atoms with Crippen LogP contribution >= 0.6 is 40.1 Å². The van der Waals surface area contributed by atoms with E-state index in [1.807, 2.05) is 0 Å². The normalized spacial score (nSPS) is 10.0. The van der Waals surface area contributed by atoms with Gasteiger partial charge in [0.15, 0.2) is 0 Å². The number of benzene rings is 1. The molecule has 0 aromatic heterocycles. The van der Waals surface area contributed by atoms with Crippen LogP contribution in [0.5, 0.6) is 0 Å². The molecule has 0 unspecified atom stereocenters. The van der Waals surface area contributed by atoms with Crippen molar-refractivity contribution in [3.8, 4) is 0 Å². The monoisotopic (exact) mass is 398 g/mol. The maximum absolute atomic E-state index is 13.5. The van der Waals surface area contributed by atoms with Gasteiger partial charge < -0.3 is 10.6 Å². The molecular formula is C14H21BrClFN2OS. The summed E-state index contributed by atoms with van der Waals surface area (Å²) >= 11 is 4.63. The highest BCUT2D eigenvalue weighted by molar-refractivity contribution is 9.10. The second-order valence-corrected chi connectivity index (χ2v) is 6.23. The lowest BCUT2D eigenvalue weighted by atomic mass is 10.2. The Balaban J connectivity index is 0.00000400. The van der Waals surface area contributed by atoms with Gasteiger partial charge in [-0.1, -0.05) is 28.9 Å². The van der Waals surface area contributed by atoms with Gasteiger partial charge in [-0.05, 0) is 30.7 Å². The molecule has 120 valence electrons. The van der Waals surface area contributed by atoms with E-state index in [0.29, 0.717) is 23.6 Å². The fraction of sp³-hybridized carbons (Fsp3) is 0.500. The average molecular weight is 400 g/mol. The van der Waals surface area contributed by atoms with E-state index < -0.39 is 0 Å². The van der Waals surface area contributed by atoms with E-state index in [9.17, 15) is 9.18 Å². The summed E-state index contributed by atoms with van der Waals surface area (Å²) in [5.41, 5.74) is 0.621. The zero-order chi connectivity index (χ0) is 14.8. The maximum Gasteiger partial charge on any atom is 0.230 e. The smallest absolute Gasteiger partial charge is 0.230 e. The van der Waals surface area contributed by atoms with Gasteiger partial charge in [-0.3, -0.25) is 4.79 Å². The van der Waals surface area contributed by atoms with E-state index in [0.717, 1.165) is 24.0 Å². The first kappa shape index (κ1) is 20.7. The van der Waals surface area contributed by atoms with Gasteiger partial charge in [0.25, 0.3) is 0 Å². The Labute approximate surface area is 144 Å². The molecule has 0 atom stereocenters. The molecule has 2 N–H and O–H groups in total. The van der Waals surface area contributed by atoms with Crippen LogP contribution in [0.1, 0.15) is 18.9 Å². The lowest BCUT2D eigenvalue weighted by Gasteiger charge is -2.06. The predicted octanol–water partition coefficient (Wildman–Crippen LogP) is 3.36. The van der Waals surface area contributed by atoms with Crippen molar-refractivity contribution in [1.29, 1.82) is 0 Å². The third-order valence-corrected chi connectivity index (χ3v) is 4.03. The highest BCUT2D eigenvalue weighted by atomic mass is 79.9. The average Bonchev–Trinajstić information content (AvgIpc) is 2.41. The summed E-state index contributed by atoms with van der Waals surface area (Å²) in [5.74, 6) is 0.603. The molecule has 0 saturated carbocycles. The number of carbonyl (C=O) groups is 1. The fourth-order valence-corrected chi connectivity index (χ4v) is 2.71. The Kier molecular flexibility index (Phi) is 12.1. The highest BCUT2D eigenvalue weighted by Crippen LogP contribution is 2.19. The Morgan fingerprint density at radius 1 is 1.33 bits per heavy atom. The van der Waals surface area contributed by atoms with E-state index in [1.54, 1.807) is 12.1 Å². The van der Waals surface area contributed by atoms with Gasteiger partial charge in [-0.25, -0.2) is 4.39 Å². The van der Waals surface area contributed by atoms with Crippen molar-refractivity contribution in [1.82, 2.24) is 10.6 Å². The van der Waals surface area contributed by atoms with Crippen LogP contribution in [0.4, 0.5) is 4.39 Å². The summed E-state index contributed by atoms with van der Waals surface area (Å²) in [6.45, 7) is 4.48. The molecule has 0 radical (unpaired) electrons. The van der Waals surface area contributed by atoms with Gasteiger partial charge in [0, 0.05) is 23.3 Å². The molecule has 1 aromatic carbocycles. The molecule has 1 aromatic rings. The quantitative estimate of drug-likeness (QED) is 0.626. The number of thioether (sulfide) groups is 1. The second-order valence-electron chi connectivity index (χ2n) is 4.33. The molecule has 0 aliphatic rings. The standard InChI is InChI=1S/C14H20BrFN2OS.ClH/c1-2-5-17-6-7-18-14(19)10-20-9-11-3-4-12(15)8-13(11)16;/h3-4,8,17H,2,5-7,9-10H2,1H3,(H,18,19);1H. The zero-order valence-electron chi connectivity index (χ0n) is 12.0. The van der Waals surface area contributed by atoms with Crippen LogP contribution in [-0.2, 0) is 10.5 Å². The summed E-state index contributed by atoms with van der Waals surface area (Å²) in [4.78, 5) is 11.5. The molecule has 1 amide bonds. The summed E-state index contributed by atoms with van der Waals surface area (Å²) in [6, 6.07) is 4.98. The van der Waals surface area contributed by atoms with Gasteiger partial charge in [0.1, 0.15) is 5.82 Å². The summed E-state index contributed by atoms with van der Waals surface area (Å²) in [7, 11) is 0. The number of rotatable bonds is 9. The number of halogens is 3. The molecule has 0 fully saturated rings. The van der Waals surface area contributed by atoms with Crippen molar-refractivity contribution < 1.29 is 9.18 Å². The first-order valence-corrected chi connectivity index (χ1v) is 8.57. The van der Waals surface area contributed by atoms with Crippen LogP contribution in [0.3, 0.4) is 0 Å². The molecule has 0 aliphatic heterocycles. The van der Waals surface area contributed by atoms with Crippen molar-refractivity contribution in [3.63, 3.8) is 0 Å². The lowest BCUT2D eigenvalue weighted by molar-refractivity contribution is -0.118. The molecule has 7 heteroatoms. The first-order chi connectivity index (χ1) is 9.63. The molecule has 3 nitrogen and oxygen atoms in total. The van der Waals surface area contributed by atoms with Crippen LogP contribution in [0.2, 0.25) is 0 Å². The molecule has 21 heavy (non-hydrogen) atoms. The molecule has 0 bridgehead atoms. The molecule has 0 saturated heterocycles. The van der Waals surface area contributed by atoms with Gasteiger partial charge >= 0.3 is 0 Å². The minimum absolute atomic E-state index is 0. The second kappa shape index (κ2) is 12.3. The Bertz CT molecular complexity index is 437. The van der Waals surface area contributed by atoms with Gasteiger partial charge in [0.05, 0.1) is 5.75 Å². The van der Waals surface area contributed by atoms with Gasteiger partial charge in [-0.15, -0.1) is 24.2 Å². The third kappa shape index (κ3) is 9.34. The molecule has 1 rings (SSSR count). The van der Waals surface area contributed by atoms with Crippen LogP contribution in [0.15, 0.2) is 22.7 Å². The van der Waals surface area contributed by atoms with Crippen LogP contribution in [-0.4, -0.2) is 31.3 Å². The zero-order valence-corrected chi connectivity index (χ0v) is 15.2. The van der Waals surface area contributed by atoms with Crippen molar-refractivity contribution in [2.75, 3.05) is 25.4 Å². The van der Waals surface area contributed by atoms with Crippen LogP contribution in [0, 0.1) is 5.82 Å². The number of carbonyl (C=O) groups excluding carboxylic acids is 1. The van der Waals surface area contributed by atoms with Crippen LogP contribution < -0.4 is 10.6 Å². The van der Waals surface area contributed by atoms with Gasteiger partial charge in [0.2, 0.25) is 5.91 Å². The highest BCUT2D eigenvalue weighted by Gasteiger charge is 2.05. The number of nitrogens with one attached hydrogen (secondary N) is 2. The van der Waals surface area contributed by atoms with E-state index in [4.69, 9.17) is 0 Å². The van der Waals surface area contributed by atoms with E-state index in [2.05, 4.69) is 33.5 Å². The SMILES string of the molecule is CCCNCCNC(=O)CSCc1ccc(Br)cc1F.Cl. The Morgan fingerprint density at radius 3 is 2.76 bits per heavy atom. The summed E-state index contributed by atoms with van der Waals surface area (Å²) < 4.78 is 14.3. The third-order valence-electron chi connectivity index (χ3n) is 2.56. The lowest BCUT2D eigenvalue weighted by Crippen LogP contribution is -2.33. The molecule has 0 aliphatic carbocycles. The fourth-order valence-electron chi connectivity index (χ4n) is 1.54. The largest absolute Gasteiger partial charge is 0.354 e. The molecule has 0 spiro atoms. The number of hydrogen-bond acceptors (Lipinski definition) is 3. The maximum atomic E-state index is 13.5. The van der Waals surface area contributed by atoms with E-state index in [-0.39, 0.29) is 24.1 Å². The van der Waals surface area contributed by atoms with Crippen molar-refractivity contribution in [2.45, 2.75) is 19.1 Å². The predicted molar refractivity (Wildman–Crippen MR) is 93.7 cm³/mol. The van der Waals surface area contributed by atoms with E-state index >= 15 is 0 Å². The Hall–Kier alpha value is -0.300. The summed E-state index contributed by atoms with van der Waals surface area (Å²) in [5, 5.41) is 6.04. The van der Waals surface area contributed by atoms with Gasteiger partial charge in [-0.2, -0.15) is 0 Å². The number of amides is 1. The number of hydrogen-bond donors (Lipinski definition) is 2. The molecular weight excluding hydrogens is 379 g/mol. The first-order valence-electron chi connectivity index (χ1n) is 6.62. The molecule has 0 heterocycles. The topological polar surface area (TPSA) is 41.1 Å². The minimum Gasteiger partial charge on any atom is -0.354 e. The summed E-state index contributed by atoms with van der Waals surface area (Å²) in [6.07, 6.45) is 1.09. The van der Waals surface area contributed by atoms with Crippen molar-refractivity contribution in [2.24, 2.45) is 0 Å². The van der Waals surface area contributed by atoms with Crippen molar-refractivity contribution >= 4 is 46.0 Å². The van der Waals surface area contributed by atoms with E-state index in [1.165, 1.54) is 17.8 Å². The minimum atomic E-state index is -0.240. The van der Waals surface area contributed by atoms with Crippen LogP contribution in [0.25, 0.3) is 0 Å². The Morgan fingerprint density at radius 2 is 2.10 bits per heavy atom.